The van der Waals surface area contributed by atoms with E-state index >= 15 is 0 Å². The van der Waals surface area contributed by atoms with E-state index in [1.807, 2.05) is 0 Å². The molecular weight excluding hydrogens is 254 g/mol. The molecule has 1 fully saturated rings. The molecule has 18 heavy (non-hydrogen) atoms. The lowest BCUT2D eigenvalue weighted by molar-refractivity contribution is -0.128. The molecule has 1 saturated carbocycles. The van der Waals surface area contributed by atoms with Crippen molar-refractivity contribution >= 4 is 21.4 Å². The molecule has 0 unspecified atom stereocenters. The molecule has 0 atom stereocenters. The summed E-state index contributed by atoms with van der Waals surface area (Å²) in [5.74, 6) is -0.445. The Hall–Kier alpha value is -1.56. The predicted octanol–water partition coefficient (Wildman–Crippen LogP) is 1.29. The summed E-state index contributed by atoms with van der Waals surface area (Å²) in [5.41, 5.74) is -0.586. The molecule has 1 heterocycles. The number of aromatic hydroxyl groups is 1. The molecular formula is C12H13NO4S. The number of benzene rings is 1. The maximum absolute atomic E-state index is 12.3. The number of rotatable bonds is 0. The van der Waals surface area contributed by atoms with Crippen LogP contribution in [0.25, 0.3) is 0 Å². The van der Waals surface area contributed by atoms with Crippen LogP contribution < -0.4 is 5.32 Å². The van der Waals surface area contributed by atoms with Crippen LogP contribution in [0.2, 0.25) is 0 Å². The second kappa shape index (κ2) is 3.47. The van der Waals surface area contributed by atoms with Crippen LogP contribution in [0, 0.1) is 5.41 Å². The van der Waals surface area contributed by atoms with Crippen molar-refractivity contribution in [1.82, 2.24) is 0 Å². The van der Waals surface area contributed by atoms with Gasteiger partial charge in [-0.3, -0.25) is 4.79 Å². The molecule has 2 aliphatic rings. The zero-order chi connectivity index (χ0) is 13.0. The Kier molecular flexibility index (Phi) is 2.22. The third-order valence-electron chi connectivity index (χ3n) is 3.81. The lowest BCUT2D eigenvalue weighted by atomic mass is 9.69. The van der Waals surface area contributed by atoms with Crippen LogP contribution in [0.3, 0.4) is 0 Å². The largest absolute Gasteiger partial charge is 0.508 e. The summed E-state index contributed by atoms with van der Waals surface area (Å²) in [5, 5.41) is 12.0. The molecule has 1 aliphatic carbocycles. The van der Waals surface area contributed by atoms with Gasteiger partial charge in [0.1, 0.15) is 5.75 Å². The Bertz CT molecular complexity index is 631. The summed E-state index contributed by atoms with van der Waals surface area (Å²) < 4.78 is 24.6. The van der Waals surface area contributed by atoms with Crippen LogP contribution in [-0.4, -0.2) is 25.2 Å². The van der Waals surface area contributed by atoms with Gasteiger partial charge >= 0.3 is 0 Å². The summed E-state index contributed by atoms with van der Waals surface area (Å²) in [6.45, 7) is 0. The Morgan fingerprint density at radius 2 is 2.00 bits per heavy atom. The van der Waals surface area contributed by atoms with Crippen molar-refractivity contribution < 1.29 is 18.3 Å². The highest BCUT2D eigenvalue weighted by atomic mass is 32.2. The second-order valence-corrected chi connectivity index (χ2v) is 6.99. The van der Waals surface area contributed by atoms with Crippen molar-refractivity contribution in [1.29, 1.82) is 0 Å². The van der Waals surface area contributed by atoms with E-state index in [1.165, 1.54) is 18.2 Å². The van der Waals surface area contributed by atoms with Crippen LogP contribution >= 0.6 is 0 Å². The van der Waals surface area contributed by atoms with Crippen LogP contribution in [0.1, 0.15) is 19.3 Å². The van der Waals surface area contributed by atoms with Gasteiger partial charge < -0.3 is 10.4 Å². The van der Waals surface area contributed by atoms with Crippen LogP contribution in [-0.2, 0) is 14.6 Å². The van der Waals surface area contributed by atoms with E-state index in [2.05, 4.69) is 5.32 Å². The average Bonchev–Trinajstić information content (AvgIpc) is 2.30. The molecule has 1 aliphatic heterocycles. The molecule has 5 nitrogen and oxygen atoms in total. The molecule has 0 radical (unpaired) electrons. The second-order valence-electron chi connectivity index (χ2n) is 5.03. The van der Waals surface area contributed by atoms with E-state index in [0.717, 1.165) is 6.42 Å². The Balaban J connectivity index is 2.17. The minimum atomic E-state index is -3.49. The maximum atomic E-state index is 12.3. The molecule has 2 N–H and O–H groups in total. The van der Waals surface area contributed by atoms with E-state index in [4.69, 9.17) is 0 Å². The topological polar surface area (TPSA) is 83.5 Å². The quantitative estimate of drug-likeness (QED) is 0.742. The molecule has 96 valence electrons. The molecule has 6 heteroatoms. The van der Waals surface area contributed by atoms with E-state index in [0.29, 0.717) is 12.8 Å². The van der Waals surface area contributed by atoms with Gasteiger partial charge in [-0.1, -0.05) is 6.42 Å². The zero-order valence-electron chi connectivity index (χ0n) is 9.64. The van der Waals surface area contributed by atoms with Gasteiger partial charge in [0, 0.05) is 6.07 Å². The van der Waals surface area contributed by atoms with E-state index in [1.54, 1.807) is 0 Å². The monoisotopic (exact) mass is 267 g/mol. The van der Waals surface area contributed by atoms with Gasteiger partial charge in [0.05, 0.1) is 21.8 Å². The number of phenolic OH excluding ortho intramolecular Hbond substituents is 1. The van der Waals surface area contributed by atoms with Crippen molar-refractivity contribution in [3.63, 3.8) is 0 Å². The van der Waals surface area contributed by atoms with Crippen LogP contribution in [0.5, 0.6) is 5.75 Å². The highest BCUT2D eigenvalue weighted by Gasteiger charge is 2.49. The fourth-order valence-electron chi connectivity index (χ4n) is 2.62. The number of nitrogens with one attached hydrogen (secondary N) is 1. The lowest BCUT2D eigenvalue weighted by Crippen LogP contribution is -2.45. The van der Waals surface area contributed by atoms with Gasteiger partial charge in [0.15, 0.2) is 9.84 Å². The van der Waals surface area contributed by atoms with Gasteiger partial charge in [-0.15, -0.1) is 0 Å². The van der Waals surface area contributed by atoms with Gasteiger partial charge in [0.25, 0.3) is 0 Å². The fourth-order valence-corrected chi connectivity index (χ4v) is 4.65. The Labute approximate surface area is 105 Å². The number of carbonyl (C=O) groups excluding carboxylic acids is 1. The zero-order valence-corrected chi connectivity index (χ0v) is 10.5. The molecule has 1 amide bonds. The number of amides is 1. The number of carbonyl (C=O) groups is 1. The number of hydrogen-bond donors (Lipinski definition) is 2. The van der Waals surface area contributed by atoms with Crippen molar-refractivity contribution in [2.75, 3.05) is 11.1 Å². The maximum Gasteiger partial charge on any atom is 0.231 e. The van der Waals surface area contributed by atoms with E-state index in [-0.39, 0.29) is 28.0 Å². The number of anilines is 1. The summed E-state index contributed by atoms with van der Waals surface area (Å²) in [6.07, 6.45) is 2.10. The Morgan fingerprint density at radius 3 is 2.61 bits per heavy atom. The average molecular weight is 267 g/mol. The Morgan fingerprint density at radius 1 is 1.28 bits per heavy atom. The normalized spacial score (nSPS) is 23.7. The minimum absolute atomic E-state index is 0.0613. The predicted molar refractivity (Wildman–Crippen MR) is 65.1 cm³/mol. The van der Waals surface area contributed by atoms with Gasteiger partial charge in [0.2, 0.25) is 5.91 Å². The van der Waals surface area contributed by atoms with E-state index in [9.17, 15) is 18.3 Å². The number of sulfone groups is 1. The van der Waals surface area contributed by atoms with Crippen LogP contribution in [0.15, 0.2) is 23.1 Å². The van der Waals surface area contributed by atoms with Gasteiger partial charge in [-0.2, -0.15) is 0 Å². The van der Waals surface area contributed by atoms with Crippen molar-refractivity contribution in [3.05, 3.63) is 18.2 Å². The van der Waals surface area contributed by atoms with Gasteiger partial charge in [-0.05, 0) is 25.0 Å². The molecule has 3 rings (SSSR count). The molecule has 1 spiro atoms. The lowest BCUT2D eigenvalue weighted by Gasteiger charge is -2.38. The summed E-state index contributed by atoms with van der Waals surface area (Å²) >= 11 is 0. The van der Waals surface area contributed by atoms with E-state index < -0.39 is 15.3 Å². The first kappa shape index (κ1) is 11.5. The van der Waals surface area contributed by atoms with Crippen molar-refractivity contribution in [3.8, 4) is 5.75 Å². The van der Waals surface area contributed by atoms with Crippen molar-refractivity contribution in [2.24, 2.45) is 5.41 Å². The number of fused-ring (bicyclic) bond motifs is 1. The van der Waals surface area contributed by atoms with Crippen molar-refractivity contribution in [2.45, 2.75) is 24.2 Å². The molecule has 0 saturated heterocycles. The summed E-state index contributed by atoms with van der Waals surface area (Å²) in [6, 6.07) is 3.95. The highest BCUT2D eigenvalue weighted by molar-refractivity contribution is 7.91. The first-order chi connectivity index (χ1) is 8.43. The summed E-state index contributed by atoms with van der Waals surface area (Å²) in [7, 11) is -3.49. The first-order valence-corrected chi connectivity index (χ1v) is 7.45. The smallest absolute Gasteiger partial charge is 0.231 e. The summed E-state index contributed by atoms with van der Waals surface area (Å²) in [4.78, 5) is 12.2. The van der Waals surface area contributed by atoms with Crippen LogP contribution in [0.4, 0.5) is 5.69 Å². The molecule has 0 aromatic heterocycles. The standard InChI is InChI=1S/C12H13NO4S/c14-8-2-3-10-9(6-8)13-11(15)12(4-1-5-12)7-18(10,16)17/h2-3,6,14H,1,4-5,7H2,(H,13,15). The third kappa shape index (κ3) is 1.52. The molecule has 0 bridgehead atoms. The third-order valence-corrected chi connectivity index (χ3v) is 5.76. The minimum Gasteiger partial charge on any atom is -0.508 e. The SMILES string of the molecule is O=C1Nc2cc(O)ccc2S(=O)(=O)CC12CCC2. The number of hydrogen-bond acceptors (Lipinski definition) is 4. The number of phenols is 1. The van der Waals surface area contributed by atoms with Gasteiger partial charge in [-0.25, -0.2) is 8.42 Å². The fraction of sp³-hybridized carbons (Fsp3) is 0.417. The first-order valence-electron chi connectivity index (χ1n) is 5.80. The molecule has 1 aromatic rings. The molecule has 1 aromatic carbocycles. The highest BCUT2D eigenvalue weighted by Crippen LogP contribution is 2.46.